The molecule has 0 saturated heterocycles. The van der Waals surface area contributed by atoms with Crippen molar-refractivity contribution in [1.29, 1.82) is 0 Å². The first-order valence-electron chi connectivity index (χ1n) is 6.90. The second kappa shape index (κ2) is 6.09. The molecule has 2 aromatic rings. The quantitative estimate of drug-likeness (QED) is 0.898. The maximum atomic E-state index is 5.80. The summed E-state index contributed by atoms with van der Waals surface area (Å²) >= 11 is 0. The van der Waals surface area contributed by atoms with E-state index in [9.17, 15) is 0 Å². The van der Waals surface area contributed by atoms with Gasteiger partial charge in [0.25, 0.3) is 0 Å². The van der Waals surface area contributed by atoms with Crippen LogP contribution in [0.5, 0.6) is 11.8 Å². The van der Waals surface area contributed by atoms with Gasteiger partial charge < -0.3 is 14.5 Å². The van der Waals surface area contributed by atoms with Gasteiger partial charge in [-0.3, -0.25) is 0 Å². The molecule has 1 N–H and O–H groups in total. The van der Waals surface area contributed by atoms with Gasteiger partial charge in [0, 0.05) is 12.6 Å². The van der Waals surface area contributed by atoms with Crippen LogP contribution < -0.4 is 10.1 Å². The molecule has 0 aliphatic carbocycles. The Morgan fingerprint density at radius 1 is 1.20 bits per heavy atom. The van der Waals surface area contributed by atoms with Crippen LogP contribution in [-0.4, -0.2) is 11.0 Å². The molecule has 20 heavy (non-hydrogen) atoms. The first-order chi connectivity index (χ1) is 9.47. The van der Waals surface area contributed by atoms with Crippen molar-refractivity contribution in [1.82, 2.24) is 10.3 Å². The highest BCUT2D eigenvalue weighted by atomic mass is 16.6. The summed E-state index contributed by atoms with van der Waals surface area (Å²) in [5.74, 6) is 0.829. The van der Waals surface area contributed by atoms with Gasteiger partial charge in [-0.05, 0) is 37.5 Å². The van der Waals surface area contributed by atoms with Crippen LogP contribution >= 0.6 is 0 Å². The molecule has 0 fully saturated rings. The maximum absolute atomic E-state index is 5.80. The Morgan fingerprint density at radius 2 is 1.90 bits per heavy atom. The summed E-state index contributed by atoms with van der Waals surface area (Å²) < 4.78 is 11.2. The van der Waals surface area contributed by atoms with Gasteiger partial charge >= 0.3 is 6.08 Å². The summed E-state index contributed by atoms with van der Waals surface area (Å²) in [6.45, 7) is 11.0. The zero-order chi connectivity index (χ0) is 14.7. The summed E-state index contributed by atoms with van der Waals surface area (Å²) in [7, 11) is 0. The number of ether oxygens (including phenoxy) is 1. The summed E-state index contributed by atoms with van der Waals surface area (Å²) in [6, 6.07) is 4.55. The second-order valence-corrected chi connectivity index (χ2v) is 5.40. The van der Waals surface area contributed by atoms with Gasteiger partial charge in [-0.25, -0.2) is 0 Å². The lowest BCUT2D eigenvalue weighted by Crippen LogP contribution is -2.21. The van der Waals surface area contributed by atoms with E-state index >= 15 is 0 Å². The first kappa shape index (κ1) is 14.6. The molecular formula is C16H22N2O2. The van der Waals surface area contributed by atoms with E-state index in [4.69, 9.17) is 9.15 Å². The largest absolute Gasteiger partial charge is 0.417 e. The standard InChI is InChI=1S/C16H22N2O2/c1-10(2)17-8-14-9-19-16(18-14)20-15-12(4)7-6-11(3)13(15)5/h6-7,9-10,17H,8H2,1-5H3. The maximum Gasteiger partial charge on any atom is 0.399 e. The van der Waals surface area contributed by atoms with Gasteiger partial charge in [0.1, 0.15) is 12.0 Å². The second-order valence-electron chi connectivity index (χ2n) is 5.40. The van der Waals surface area contributed by atoms with Crippen LogP contribution in [0.2, 0.25) is 0 Å². The lowest BCUT2D eigenvalue weighted by molar-refractivity contribution is 0.327. The topological polar surface area (TPSA) is 47.3 Å². The SMILES string of the molecule is Cc1ccc(C)c(Oc2nc(CNC(C)C)co2)c1C. The molecule has 108 valence electrons. The van der Waals surface area contributed by atoms with Crippen LogP contribution in [0, 0.1) is 20.8 Å². The van der Waals surface area contributed by atoms with Crippen LogP contribution in [0.25, 0.3) is 0 Å². The molecule has 2 rings (SSSR count). The average molecular weight is 274 g/mol. The fourth-order valence-corrected chi connectivity index (χ4v) is 1.90. The Labute approximate surface area is 120 Å². The van der Waals surface area contributed by atoms with Gasteiger partial charge in [0.15, 0.2) is 0 Å². The predicted octanol–water partition coefficient (Wildman–Crippen LogP) is 3.89. The van der Waals surface area contributed by atoms with Crippen molar-refractivity contribution in [3.8, 4) is 11.8 Å². The lowest BCUT2D eigenvalue weighted by atomic mass is 10.1. The number of aryl methyl sites for hydroxylation is 2. The van der Waals surface area contributed by atoms with E-state index in [1.54, 1.807) is 6.26 Å². The van der Waals surface area contributed by atoms with E-state index in [-0.39, 0.29) is 0 Å². The molecule has 0 aliphatic rings. The molecule has 0 saturated carbocycles. The van der Waals surface area contributed by atoms with Crippen molar-refractivity contribution in [2.45, 2.75) is 47.2 Å². The lowest BCUT2D eigenvalue weighted by Gasteiger charge is -2.10. The molecule has 4 nitrogen and oxygen atoms in total. The number of nitrogens with one attached hydrogen (secondary N) is 1. The van der Waals surface area contributed by atoms with Crippen molar-refractivity contribution >= 4 is 0 Å². The summed E-state index contributed by atoms with van der Waals surface area (Å²) in [5, 5.41) is 3.29. The van der Waals surface area contributed by atoms with E-state index in [1.807, 2.05) is 19.9 Å². The molecule has 4 heteroatoms. The fraction of sp³-hybridized carbons (Fsp3) is 0.438. The minimum absolute atomic E-state index is 0.294. The Morgan fingerprint density at radius 3 is 2.60 bits per heavy atom. The molecule has 0 unspecified atom stereocenters. The van der Waals surface area contributed by atoms with Crippen molar-refractivity contribution in [2.75, 3.05) is 0 Å². The van der Waals surface area contributed by atoms with Gasteiger partial charge in [-0.15, -0.1) is 0 Å². The van der Waals surface area contributed by atoms with Gasteiger partial charge in [0.2, 0.25) is 0 Å². The smallest absolute Gasteiger partial charge is 0.399 e. The van der Waals surface area contributed by atoms with E-state index in [2.05, 4.69) is 37.1 Å². The number of hydrogen-bond donors (Lipinski definition) is 1. The minimum atomic E-state index is 0.294. The molecular weight excluding hydrogens is 252 g/mol. The van der Waals surface area contributed by atoms with Crippen molar-refractivity contribution in [2.24, 2.45) is 0 Å². The monoisotopic (exact) mass is 274 g/mol. The summed E-state index contributed by atoms with van der Waals surface area (Å²) in [4.78, 5) is 4.34. The highest BCUT2D eigenvalue weighted by molar-refractivity contribution is 5.45. The third-order valence-electron chi connectivity index (χ3n) is 3.29. The third-order valence-corrected chi connectivity index (χ3v) is 3.29. The predicted molar refractivity (Wildman–Crippen MR) is 79.2 cm³/mol. The summed E-state index contributed by atoms with van der Waals surface area (Å²) in [5.41, 5.74) is 4.23. The van der Waals surface area contributed by atoms with Crippen molar-refractivity contribution in [3.63, 3.8) is 0 Å². The Hall–Kier alpha value is -1.81. The Bertz CT molecular complexity index is 588. The molecule has 0 spiro atoms. The zero-order valence-corrected chi connectivity index (χ0v) is 12.8. The zero-order valence-electron chi connectivity index (χ0n) is 12.8. The molecule has 0 bridgehead atoms. The van der Waals surface area contributed by atoms with Gasteiger partial charge in [-0.2, -0.15) is 4.98 Å². The summed E-state index contributed by atoms with van der Waals surface area (Å²) in [6.07, 6.45) is 1.92. The molecule has 1 aromatic carbocycles. The van der Waals surface area contributed by atoms with Gasteiger partial charge in [-0.1, -0.05) is 26.0 Å². The average Bonchev–Trinajstić information content (AvgIpc) is 2.85. The van der Waals surface area contributed by atoms with E-state index in [0.717, 1.165) is 22.6 Å². The highest BCUT2D eigenvalue weighted by Crippen LogP contribution is 2.30. The molecule has 0 atom stereocenters. The van der Waals surface area contributed by atoms with Crippen LogP contribution in [-0.2, 0) is 6.54 Å². The Balaban J connectivity index is 2.13. The fourth-order valence-electron chi connectivity index (χ4n) is 1.90. The first-order valence-corrected chi connectivity index (χ1v) is 6.90. The molecule has 0 radical (unpaired) electrons. The van der Waals surface area contributed by atoms with Crippen LogP contribution in [0.3, 0.4) is 0 Å². The number of aromatic nitrogens is 1. The molecule has 0 aliphatic heterocycles. The van der Waals surface area contributed by atoms with E-state index in [0.29, 0.717) is 18.7 Å². The molecule has 1 heterocycles. The normalized spacial score (nSPS) is 11.1. The van der Waals surface area contributed by atoms with Crippen LogP contribution in [0.1, 0.15) is 36.2 Å². The van der Waals surface area contributed by atoms with Crippen molar-refractivity contribution < 1.29 is 9.15 Å². The van der Waals surface area contributed by atoms with Crippen LogP contribution in [0.15, 0.2) is 22.8 Å². The number of nitrogens with zero attached hydrogens (tertiary/aromatic N) is 1. The Kier molecular flexibility index (Phi) is 4.45. The highest BCUT2D eigenvalue weighted by Gasteiger charge is 2.12. The van der Waals surface area contributed by atoms with E-state index < -0.39 is 0 Å². The minimum Gasteiger partial charge on any atom is -0.417 e. The molecule has 1 aromatic heterocycles. The third kappa shape index (κ3) is 3.39. The number of benzene rings is 1. The number of rotatable bonds is 5. The van der Waals surface area contributed by atoms with Crippen molar-refractivity contribution in [3.05, 3.63) is 40.8 Å². The van der Waals surface area contributed by atoms with Crippen LogP contribution in [0.4, 0.5) is 0 Å². The van der Waals surface area contributed by atoms with E-state index in [1.165, 1.54) is 5.56 Å². The number of oxazole rings is 1. The number of hydrogen-bond acceptors (Lipinski definition) is 4. The van der Waals surface area contributed by atoms with Gasteiger partial charge in [0.05, 0.1) is 5.69 Å². The molecule has 0 amide bonds.